The van der Waals surface area contributed by atoms with Crippen LogP contribution in [0.5, 0.6) is 0 Å². The van der Waals surface area contributed by atoms with Crippen LogP contribution >= 0.6 is 0 Å². The number of aromatic nitrogens is 2. The lowest BCUT2D eigenvalue weighted by atomic mass is 10.1. The molecule has 114 valence electrons. The minimum absolute atomic E-state index is 0.0351. The van der Waals surface area contributed by atoms with Crippen LogP contribution in [-0.2, 0) is 6.42 Å². The number of hydrogen-bond acceptors (Lipinski definition) is 8. The van der Waals surface area contributed by atoms with Crippen LogP contribution < -0.4 is 0 Å². The third-order valence-electron chi connectivity index (χ3n) is 2.72. The Hall–Kier alpha value is -1.16. The molecule has 20 heavy (non-hydrogen) atoms. The molecule has 0 saturated heterocycles. The Morgan fingerprint density at radius 3 is 2.30 bits per heavy atom. The van der Waals surface area contributed by atoms with Gasteiger partial charge in [-0.25, -0.2) is 0 Å². The van der Waals surface area contributed by atoms with E-state index in [0.717, 1.165) is 0 Å². The van der Waals surface area contributed by atoms with Gasteiger partial charge in [0.05, 0.1) is 30.3 Å². The lowest BCUT2D eigenvalue weighted by Gasteiger charge is -2.14. The van der Waals surface area contributed by atoms with Crippen molar-refractivity contribution < 1.29 is 30.6 Å². The summed E-state index contributed by atoms with van der Waals surface area (Å²) in [7, 11) is 0. The molecule has 1 aromatic heterocycles. The Bertz CT molecular complexity index is 392. The van der Waals surface area contributed by atoms with Crippen LogP contribution in [0.25, 0.3) is 0 Å². The highest BCUT2D eigenvalue weighted by molar-refractivity contribution is 5.05. The Kier molecular flexibility index (Phi) is 6.40. The summed E-state index contributed by atoms with van der Waals surface area (Å²) in [5, 5.41) is 53.8. The second-order valence-electron chi connectivity index (χ2n) is 4.65. The van der Waals surface area contributed by atoms with Crippen molar-refractivity contribution in [1.29, 1.82) is 0 Å². The normalized spacial score (nSPS) is 15.1. The molecule has 8 heteroatoms. The van der Waals surface area contributed by atoms with Gasteiger partial charge in [-0.3, -0.25) is 9.97 Å². The molecule has 0 spiro atoms. The Balaban J connectivity index is 2.47. The van der Waals surface area contributed by atoms with Crippen molar-refractivity contribution in [3.63, 3.8) is 0 Å². The number of aliphatic hydroxyl groups excluding tert-OH is 3. The third kappa shape index (κ3) is 6.33. The molecule has 0 amide bonds. The van der Waals surface area contributed by atoms with Gasteiger partial charge in [0, 0.05) is 19.0 Å². The number of aliphatic hydroxyl groups is 6. The first-order valence-electron chi connectivity index (χ1n) is 6.26. The molecule has 0 bridgehead atoms. The summed E-state index contributed by atoms with van der Waals surface area (Å²) in [5.41, 5.74) is 0.856. The first-order valence-corrected chi connectivity index (χ1v) is 6.26. The molecule has 0 aromatic carbocycles. The lowest BCUT2D eigenvalue weighted by Crippen LogP contribution is -2.26. The maximum atomic E-state index is 9.72. The summed E-state index contributed by atoms with van der Waals surface area (Å²) in [4.78, 5) is 8.03. The van der Waals surface area contributed by atoms with Crippen molar-refractivity contribution in [1.82, 2.24) is 9.97 Å². The van der Waals surface area contributed by atoms with Crippen molar-refractivity contribution in [2.24, 2.45) is 0 Å². The van der Waals surface area contributed by atoms with Gasteiger partial charge in [-0.1, -0.05) is 0 Å². The predicted molar refractivity (Wildman–Crippen MR) is 67.0 cm³/mol. The van der Waals surface area contributed by atoms with Gasteiger partial charge in [0.15, 0.2) is 0 Å². The number of hydrogen-bond donors (Lipinski definition) is 6. The largest absolute Gasteiger partial charge is 0.394 e. The monoisotopic (exact) mass is 288 g/mol. The van der Waals surface area contributed by atoms with E-state index in [-0.39, 0.29) is 18.5 Å². The molecule has 0 aliphatic rings. The summed E-state index contributed by atoms with van der Waals surface area (Å²) in [6.07, 6.45) is 1.21. The van der Waals surface area contributed by atoms with E-state index in [9.17, 15) is 10.2 Å². The molecule has 0 aliphatic carbocycles. The molecule has 1 heterocycles. The maximum Gasteiger partial charge on any atom is 0.275 e. The summed E-state index contributed by atoms with van der Waals surface area (Å²) in [6.45, 7) is -0.437. The van der Waals surface area contributed by atoms with Gasteiger partial charge in [-0.2, -0.15) is 0 Å². The summed E-state index contributed by atoms with van der Waals surface area (Å²) in [6, 6.07) is 0. The first kappa shape index (κ1) is 16.9. The second-order valence-corrected chi connectivity index (χ2v) is 4.65. The zero-order valence-electron chi connectivity index (χ0n) is 10.9. The van der Waals surface area contributed by atoms with Crippen LogP contribution in [0.3, 0.4) is 0 Å². The van der Waals surface area contributed by atoms with Crippen LogP contribution in [0.4, 0.5) is 0 Å². The molecular formula is C12H20N2O6. The minimum Gasteiger partial charge on any atom is -0.394 e. The highest BCUT2D eigenvalue weighted by Gasteiger charge is 2.17. The Morgan fingerprint density at radius 2 is 1.80 bits per heavy atom. The van der Waals surface area contributed by atoms with Crippen LogP contribution in [-0.4, -0.2) is 59.3 Å². The van der Waals surface area contributed by atoms with Gasteiger partial charge >= 0.3 is 0 Å². The van der Waals surface area contributed by atoms with E-state index in [4.69, 9.17) is 20.4 Å². The number of aryl methyl sites for hydroxylation is 1. The highest BCUT2D eigenvalue weighted by atomic mass is 16.7. The van der Waals surface area contributed by atoms with E-state index in [1.807, 2.05) is 0 Å². The zero-order chi connectivity index (χ0) is 15.2. The van der Waals surface area contributed by atoms with E-state index in [1.165, 1.54) is 12.4 Å². The summed E-state index contributed by atoms with van der Waals surface area (Å²) < 4.78 is 0. The van der Waals surface area contributed by atoms with Gasteiger partial charge in [0.25, 0.3) is 5.97 Å². The molecule has 0 aliphatic heterocycles. The standard InChI is InChI=1S/C12H20N2O6/c15-7-9(16)4-11(17)10-6-13-8(5-14-10)2-1-3-12(18,19)20/h5-6,9,11,15-20H,1-4,7H2. The third-order valence-corrected chi connectivity index (χ3v) is 2.72. The topological polar surface area (TPSA) is 147 Å². The molecule has 1 rings (SSSR count). The summed E-state index contributed by atoms with van der Waals surface area (Å²) in [5.74, 6) is -2.68. The molecule has 2 atom stereocenters. The molecule has 0 saturated carbocycles. The van der Waals surface area contributed by atoms with E-state index >= 15 is 0 Å². The first-order chi connectivity index (χ1) is 9.31. The average Bonchev–Trinajstić information content (AvgIpc) is 2.37. The fourth-order valence-electron chi connectivity index (χ4n) is 1.63. The number of rotatable bonds is 8. The van der Waals surface area contributed by atoms with Crippen molar-refractivity contribution in [2.75, 3.05) is 6.61 Å². The minimum atomic E-state index is -2.68. The van der Waals surface area contributed by atoms with E-state index < -0.39 is 24.8 Å². The molecule has 8 nitrogen and oxygen atoms in total. The van der Waals surface area contributed by atoms with Crippen LogP contribution in [0.15, 0.2) is 12.4 Å². The fourth-order valence-corrected chi connectivity index (χ4v) is 1.63. The van der Waals surface area contributed by atoms with Gasteiger partial charge in [0.1, 0.15) is 6.10 Å². The van der Waals surface area contributed by atoms with Crippen molar-refractivity contribution in [3.05, 3.63) is 23.8 Å². The van der Waals surface area contributed by atoms with Crippen LogP contribution in [0.2, 0.25) is 0 Å². The van der Waals surface area contributed by atoms with E-state index in [0.29, 0.717) is 18.5 Å². The Morgan fingerprint density at radius 1 is 1.10 bits per heavy atom. The fraction of sp³-hybridized carbons (Fsp3) is 0.667. The summed E-state index contributed by atoms with van der Waals surface area (Å²) >= 11 is 0. The van der Waals surface area contributed by atoms with E-state index in [2.05, 4.69) is 9.97 Å². The molecule has 1 aromatic rings. The van der Waals surface area contributed by atoms with Crippen molar-refractivity contribution in [2.45, 2.75) is 43.9 Å². The van der Waals surface area contributed by atoms with Crippen LogP contribution in [0.1, 0.15) is 36.8 Å². The predicted octanol–water partition coefficient (Wildman–Crippen LogP) is -1.79. The van der Waals surface area contributed by atoms with E-state index in [1.54, 1.807) is 0 Å². The molecule has 0 fully saturated rings. The SMILES string of the molecule is OCC(O)CC(O)c1cnc(CCCC(O)(O)O)cn1. The lowest BCUT2D eigenvalue weighted by molar-refractivity contribution is -0.314. The molecule has 2 unspecified atom stereocenters. The van der Waals surface area contributed by atoms with Gasteiger partial charge < -0.3 is 30.6 Å². The van der Waals surface area contributed by atoms with Crippen molar-refractivity contribution >= 4 is 0 Å². The maximum absolute atomic E-state index is 9.72. The smallest absolute Gasteiger partial charge is 0.275 e. The molecule has 6 N–H and O–H groups in total. The average molecular weight is 288 g/mol. The van der Waals surface area contributed by atoms with Crippen LogP contribution in [0, 0.1) is 0 Å². The Labute approximate surface area is 116 Å². The second kappa shape index (κ2) is 7.58. The zero-order valence-corrected chi connectivity index (χ0v) is 10.9. The molecular weight excluding hydrogens is 268 g/mol. The van der Waals surface area contributed by atoms with Gasteiger partial charge in [0.2, 0.25) is 0 Å². The quantitative estimate of drug-likeness (QED) is 0.307. The van der Waals surface area contributed by atoms with Crippen molar-refractivity contribution in [3.8, 4) is 0 Å². The van der Waals surface area contributed by atoms with Gasteiger partial charge in [-0.15, -0.1) is 0 Å². The highest BCUT2D eigenvalue weighted by Crippen LogP contribution is 2.16. The number of nitrogens with zero attached hydrogens (tertiary/aromatic N) is 2. The van der Waals surface area contributed by atoms with Gasteiger partial charge in [-0.05, 0) is 12.8 Å². The molecule has 0 radical (unpaired) electrons.